The molecule has 5 heteroatoms. The monoisotopic (exact) mass is 434 g/mol. The summed E-state index contributed by atoms with van der Waals surface area (Å²) in [5, 5.41) is 3.04. The van der Waals surface area contributed by atoms with Gasteiger partial charge in [-0.15, -0.1) is 11.3 Å². The van der Waals surface area contributed by atoms with Crippen LogP contribution in [0, 0.1) is 0 Å². The molecular formula is C17H8Br2O2S. The number of hydrogen-bond acceptors (Lipinski definition) is 3. The van der Waals surface area contributed by atoms with Crippen LogP contribution in [0.25, 0.3) is 10.1 Å². The van der Waals surface area contributed by atoms with E-state index in [1.165, 1.54) is 0 Å². The molecule has 1 aromatic heterocycles. The second kappa shape index (κ2) is 5.11. The minimum Gasteiger partial charge on any atom is -0.289 e. The van der Waals surface area contributed by atoms with Gasteiger partial charge in [-0.25, -0.2) is 0 Å². The first-order valence-corrected chi connectivity index (χ1v) is 9.30. The highest BCUT2D eigenvalue weighted by atomic mass is 79.9. The van der Waals surface area contributed by atoms with Crippen LogP contribution in [-0.4, -0.2) is 11.6 Å². The van der Waals surface area contributed by atoms with Gasteiger partial charge in [-0.2, -0.15) is 0 Å². The molecular weight excluding hydrogens is 428 g/mol. The van der Waals surface area contributed by atoms with E-state index < -0.39 is 0 Å². The van der Waals surface area contributed by atoms with Crippen LogP contribution in [-0.2, 0) is 0 Å². The number of rotatable bonds is 1. The Hall–Kier alpha value is -1.30. The van der Waals surface area contributed by atoms with Crippen molar-refractivity contribution in [2.45, 2.75) is 3.74 Å². The molecule has 2 nitrogen and oxygen atoms in total. The van der Waals surface area contributed by atoms with E-state index in [-0.39, 0.29) is 15.3 Å². The van der Waals surface area contributed by atoms with E-state index in [1.807, 2.05) is 17.5 Å². The maximum absolute atomic E-state index is 12.7. The van der Waals surface area contributed by atoms with Gasteiger partial charge in [0.1, 0.15) is 0 Å². The summed E-state index contributed by atoms with van der Waals surface area (Å²) in [5.74, 6) is -0.152. The van der Waals surface area contributed by atoms with Crippen molar-refractivity contribution in [2.24, 2.45) is 0 Å². The lowest BCUT2D eigenvalue weighted by molar-refractivity contribution is 0.0979. The topological polar surface area (TPSA) is 34.1 Å². The fourth-order valence-electron chi connectivity index (χ4n) is 2.81. The zero-order valence-electron chi connectivity index (χ0n) is 11.1. The number of alkyl halides is 2. The summed E-state index contributed by atoms with van der Waals surface area (Å²) in [6.07, 6.45) is 0. The zero-order chi connectivity index (χ0) is 15.4. The summed E-state index contributed by atoms with van der Waals surface area (Å²) < 4.78 is 1.03. The van der Waals surface area contributed by atoms with Gasteiger partial charge in [0.25, 0.3) is 0 Å². The molecule has 0 atom stereocenters. The van der Waals surface area contributed by atoms with Gasteiger partial charge in [0.15, 0.2) is 11.6 Å². The van der Waals surface area contributed by atoms with E-state index in [0.717, 1.165) is 15.6 Å². The van der Waals surface area contributed by atoms with Gasteiger partial charge in [0.05, 0.1) is 3.74 Å². The van der Waals surface area contributed by atoms with Crippen molar-refractivity contribution in [2.75, 3.05) is 0 Å². The molecule has 2 aromatic carbocycles. The van der Waals surface area contributed by atoms with E-state index in [0.29, 0.717) is 22.3 Å². The van der Waals surface area contributed by atoms with Crippen LogP contribution < -0.4 is 0 Å². The van der Waals surface area contributed by atoms with Crippen LogP contribution in [0.1, 0.15) is 41.1 Å². The van der Waals surface area contributed by atoms with Crippen molar-refractivity contribution in [1.29, 1.82) is 0 Å². The van der Waals surface area contributed by atoms with Crippen molar-refractivity contribution >= 4 is 64.8 Å². The average molecular weight is 436 g/mol. The minimum absolute atomic E-state index is 0.0217. The smallest absolute Gasteiger partial charge is 0.194 e. The highest BCUT2D eigenvalue weighted by molar-refractivity contribution is 9.24. The molecule has 0 fully saturated rings. The van der Waals surface area contributed by atoms with Gasteiger partial charge in [0, 0.05) is 27.0 Å². The predicted molar refractivity (Wildman–Crippen MR) is 95.7 cm³/mol. The van der Waals surface area contributed by atoms with Gasteiger partial charge in [-0.05, 0) is 28.5 Å². The minimum atomic E-state index is -0.0788. The first-order chi connectivity index (χ1) is 10.6. The Morgan fingerprint density at radius 3 is 2.05 bits per heavy atom. The van der Waals surface area contributed by atoms with Gasteiger partial charge in [-0.3, -0.25) is 9.59 Å². The molecule has 0 saturated carbocycles. The molecule has 0 bridgehead atoms. The summed E-state index contributed by atoms with van der Waals surface area (Å²) in [5.41, 5.74) is 3.06. The predicted octanol–water partition coefficient (Wildman–Crippen LogP) is 5.47. The van der Waals surface area contributed by atoms with Crippen molar-refractivity contribution in [3.8, 4) is 0 Å². The lowest BCUT2D eigenvalue weighted by Gasteiger charge is -2.17. The first-order valence-electron chi connectivity index (χ1n) is 6.59. The maximum Gasteiger partial charge on any atom is 0.194 e. The molecule has 1 aliphatic carbocycles. The lowest BCUT2D eigenvalue weighted by atomic mass is 9.83. The highest BCUT2D eigenvalue weighted by Gasteiger charge is 2.30. The maximum atomic E-state index is 12.7. The summed E-state index contributed by atoms with van der Waals surface area (Å²) in [4.78, 5) is 25.4. The third-order valence-electron chi connectivity index (χ3n) is 3.88. The number of hydrogen-bond donors (Lipinski definition) is 0. The van der Waals surface area contributed by atoms with Gasteiger partial charge in [0.2, 0.25) is 0 Å². The zero-order valence-corrected chi connectivity index (χ0v) is 15.1. The lowest BCUT2D eigenvalue weighted by Crippen LogP contribution is -2.20. The van der Waals surface area contributed by atoms with Crippen molar-refractivity contribution in [3.63, 3.8) is 0 Å². The van der Waals surface area contributed by atoms with Gasteiger partial charge >= 0.3 is 0 Å². The molecule has 0 N–H and O–H groups in total. The summed E-state index contributed by atoms with van der Waals surface area (Å²) in [7, 11) is 0. The fourth-order valence-corrected chi connectivity index (χ4v) is 4.92. The molecule has 0 amide bonds. The normalized spacial score (nSPS) is 13.6. The number of benzene rings is 2. The van der Waals surface area contributed by atoms with Crippen LogP contribution in [0.3, 0.4) is 0 Å². The van der Waals surface area contributed by atoms with Crippen molar-refractivity contribution in [1.82, 2.24) is 0 Å². The van der Waals surface area contributed by atoms with E-state index in [2.05, 4.69) is 31.9 Å². The van der Waals surface area contributed by atoms with E-state index in [1.54, 1.807) is 35.6 Å². The molecule has 0 unspecified atom stereocenters. The number of fused-ring (bicyclic) bond motifs is 3. The molecule has 108 valence electrons. The number of thiophene rings is 1. The summed E-state index contributed by atoms with van der Waals surface area (Å²) in [6, 6.07) is 10.7. The largest absolute Gasteiger partial charge is 0.289 e. The molecule has 1 aliphatic rings. The summed E-state index contributed by atoms with van der Waals surface area (Å²) in [6.45, 7) is 0. The van der Waals surface area contributed by atoms with E-state index in [4.69, 9.17) is 0 Å². The third kappa shape index (κ3) is 1.96. The SMILES string of the molecule is O=C1c2ccccc2C(=O)c2cc3c(C(Br)Br)csc3cc21. The Bertz CT molecular complexity index is 956. The quantitative estimate of drug-likeness (QED) is 0.372. The van der Waals surface area contributed by atoms with Gasteiger partial charge in [-0.1, -0.05) is 56.1 Å². The van der Waals surface area contributed by atoms with Gasteiger partial charge < -0.3 is 0 Å². The summed E-state index contributed by atoms with van der Waals surface area (Å²) >= 11 is 8.58. The Kier molecular flexibility index (Phi) is 3.33. The van der Waals surface area contributed by atoms with Crippen LogP contribution in [0.4, 0.5) is 0 Å². The Balaban J connectivity index is 2.03. The Labute approximate surface area is 147 Å². The molecule has 1 heterocycles. The number of halogens is 2. The second-order valence-electron chi connectivity index (χ2n) is 5.09. The molecule has 4 rings (SSSR count). The molecule has 0 aliphatic heterocycles. The van der Waals surface area contributed by atoms with E-state index in [9.17, 15) is 9.59 Å². The number of carbonyl (C=O) groups excluding carboxylic acids is 2. The number of ketones is 2. The number of carbonyl (C=O) groups is 2. The van der Waals surface area contributed by atoms with Crippen LogP contribution in [0.5, 0.6) is 0 Å². The standard InChI is InChI=1S/C17H8Br2O2S/c18-17(19)13-7-22-14-6-12-11(5-10(13)14)15(20)8-3-1-2-4-9(8)16(12)21/h1-7,17H. The Morgan fingerprint density at radius 2 is 1.45 bits per heavy atom. The third-order valence-corrected chi connectivity index (χ3v) is 5.83. The fraction of sp³-hybridized carbons (Fsp3) is 0.0588. The Morgan fingerprint density at radius 1 is 0.864 bits per heavy atom. The van der Waals surface area contributed by atoms with E-state index >= 15 is 0 Å². The van der Waals surface area contributed by atoms with Crippen LogP contribution in [0.15, 0.2) is 41.8 Å². The molecule has 0 spiro atoms. The van der Waals surface area contributed by atoms with Crippen molar-refractivity contribution in [3.05, 3.63) is 69.6 Å². The highest BCUT2D eigenvalue weighted by Crippen LogP contribution is 2.40. The molecule has 3 aromatic rings. The van der Waals surface area contributed by atoms with Crippen LogP contribution >= 0.6 is 43.2 Å². The molecule has 0 saturated heterocycles. The first kappa shape index (κ1) is 14.3. The molecule has 0 radical (unpaired) electrons. The average Bonchev–Trinajstić information content (AvgIpc) is 2.94. The second-order valence-corrected chi connectivity index (χ2v) is 9.06. The van der Waals surface area contributed by atoms with Crippen LogP contribution in [0.2, 0.25) is 0 Å². The van der Waals surface area contributed by atoms with Crippen molar-refractivity contribution < 1.29 is 9.59 Å². The molecule has 22 heavy (non-hydrogen) atoms.